The lowest BCUT2D eigenvalue weighted by Gasteiger charge is -2.48. The first-order chi connectivity index (χ1) is 11.6. The van der Waals surface area contributed by atoms with Crippen molar-refractivity contribution in [1.82, 2.24) is 0 Å². The second-order valence-electron chi connectivity index (χ2n) is 8.46. The van der Waals surface area contributed by atoms with E-state index in [0.29, 0.717) is 25.8 Å². The Morgan fingerprint density at radius 2 is 1.84 bits per heavy atom. The van der Waals surface area contributed by atoms with Crippen LogP contribution < -0.4 is 4.90 Å². The van der Waals surface area contributed by atoms with Crippen molar-refractivity contribution in [2.45, 2.75) is 70.9 Å². The normalized spacial score (nSPS) is 22.5. The third-order valence-corrected chi connectivity index (χ3v) is 4.77. The summed E-state index contributed by atoms with van der Waals surface area (Å²) in [5.41, 5.74) is 1.22. The molecule has 0 amide bonds. The minimum absolute atomic E-state index is 0.117. The van der Waals surface area contributed by atoms with Crippen molar-refractivity contribution in [1.29, 1.82) is 0 Å². The Labute approximate surface area is 149 Å². The van der Waals surface area contributed by atoms with Crippen LogP contribution in [0, 0.1) is 10.1 Å². The minimum atomic E-state index is -0.326. The lowest BCUT2D eigenvalue weighted by Crippen LogP contribution is -2.57. The van der Waals surface area contributed by atoms with Gasteiger partial charge in [0.25, 0.3) is 5.69 Å². The fourth-order valence-corrected chi connectivity index (χ4v) is 3.75. The number of non-ortho nitro benzene ring substituents is 1. The molecule has 3 rings (SSSR count). The highest BCUT2D eigenvalue weighted by atomic mass is 16.6. The SMILES string of the molecule is CC1(C)CN(c2cc(COC3CCC3)cc([N+](=O)[O-])c2)CC(C)(C)O1. The molecule has 0 N–H and O–H groups in total. The van der Waals surface area contributed by atoms with Gasteiger partial charge in [0.2, 0.25) is 0 Å². The predicted molar refractivity (Wildman–Crippen MR) is 97.0 cm³/mol. The van der Waals surface area contributed by atoms with Gasteiger partial charge < -0.3 is 14.4 Å². The highest BCUT2D eigenvalue weighted by Gasteiger charge is 2.38. The van der Waals surface area contributed by atoms with Gasteiger partial charge in [0.1, 0.15) is 0 Å². The average Bonchev–Trinajstić information content (AvgIpc) is 2.42. The molecule has 0 atom stereocenters. The van der Waals surface area contributed by atoms with Crippen LogP contribution >= 0.6 is 0 Å². The molecule has 1 saturated heterocycles. The molecule has 0 spiro atoms. The van der Waals surface area contributed by atoms with Crippen LogP contribution in [0.3, 0.4) is 0 Å². The molecule has 25 heavy (non-hydrogen) atoms. The van der Waals surface area contributed by atoms with E-state index in [-0.39, 0.29) is 21.8 Å². The van der Waals surface area contributed by atoms with E-state index in [0.717, 1.165) is 24.1 Å². The zero-order valence-electron chi connectivity index (χ0n) is 15.6. The number of rotatable bonds is 5. The predicted octanol–water partition coefficient (Wildman–Crippen LogP) is 4.06. The van der Waals surface area contributed by atoms with Crippen LogP contribution in [0.2, 0.25) is 0 Å². The minimum Gasteiger partial charge on any atom is -0.374 e. The molecule has 6 heteroatoms. The third kappa shape index (κ3) is 4.50. The number of anilines is 1. The quantitative estimate of drug-likeness (QED) is 0.593. The molecule has 2 aliphatic rings. The van der Waals surface area contributed by atoms with Crippen LogP contribution in [-0.2, 0) is 16.1 Å². The van der Waals surface area contributed by atoms with E-state index in [1.807, 2.05) is 6.07 Å². The first-order valence-corrected chi connectivity index (χ1v) is 8.99. The summed E-state index contributed by atoms with van der Waals surface area (Å²) in [7, 11) is 0. The fraction of sp³-hybridized carbons (Fsp3) is 0.684. The molecule has 0 bridgehead atoms. The molecule has 2 fully saturated rings. The van der Waals surface area contributed by atoms with E-state index >= 15 is 0 Å². The van der Waals surface area contributed by atoms with E-state index < -0.39 is 0 Å². The number of nitrogens with zero attached hydrogens (tertiary/aromatic N) is 2. The van der Waals surface area contributed by atoms with Gasteiger partial charge in [0.05, 0.1) is 28.8 Å². The second kappa shape index (κ2) is 6.57. The number of nitro groups is 1. The Kier molecular flexibility index (Phi) is 4.77. The summed E-state index contributed by atoms with van der Waals surface area (Å²) in [5, 5.41) is 11.4. The van der Waals surface area contributed by atoms with Crippen molar-refractivity contribution in [2.24, 2.45) is 0 Å². The van der Waals surface area contributed by atoms with Gasteiger partial charge >= 0.3 is 0 Å². The van der Waals surface area contributed by atoms with Gasteiger partial charge in [-0.15, -0.1) is 0 Å². The number of morpholine rings is 1. The molecule has 1 saturated carbocycles. The summed E-state index contributed by atoms with van der Waals surface area (Å²) < 4.78 is 12.0. The molecular formula is C19H28N2O4. The standard InChI is InChI=1S/C19H28N2O4/c1-18(2)12-20(13-19(3,4)25-18)15-8-14(9-16(10-15)21(22)23)11-24-17-6-5-7-17/h8-10,17H,5-7,11-13H2,1-4H3. The van der Waals surface area contributed by atoms with Crippen LogP contribution in [0.15, 0.2) is 18.2 Å². The van der Waals surface area contributed by atoms with E-state index in [4.69, 9.17) is 9.47 Å². The average molecular weight is 348 g/mol. The molecule has 1 heterocycles. The summed E-state index contributed by atoms with van der Waals surface area (Å²) in [4.78, 5) is 13.2. The molecule has 0 unspecified atom stereocenters. The lowest BCUT2D eigenvalue weighted by molar-refractivity contribution is -0.384. The Morgan fingerprint density at radius 1 is 1.20 bits per heavy atom. The monoisotopic (exact) mass is 348 g/mol. The Hall–Kier alpha value is -1.66. The van der Waals surface area contributed by atoms with Crippen LogP contribution in [0.5, 0.6) is 0 Å². The fourth-order valence-electron chi connectivity index (χ4n) is 3.75. The van der Waals surface area contributed by atoms with Gasteiger partial charge in [0, 0.05) is 30.9 Å². The smallest absolute Gasteiger partial charge is 0.271 e. The molecule has 1 aliphatic heterocycles. The maximum Gasteiger partial charge on any atom is 0.271 e. The summed E-state index contributed by atoms with van der Waals surface area (Å²) in [6.07, 6.45) is 3.70. The third-order valence-electron chi connectivity index (χ3n) is 4.77. The van der Waals surface area contributed by atoms with E-state index in [9.17, 15) is 10.1 Å². The summed E-state index contributed by atoms with van der Waals surface area (Å²) in [6.45, 7) is 10.0. The maximum absolute atomic E-state index is 11.4. The first-order valence-electron chi connectivity index (χ1n) is 8.99. The molecule has 6 nitrogen and oxygen atoms in total. The van der Waals surface area contributed by atoms with Crippen LogP contribution in [0.4, 0.5) is 11.4 Å². The largest absolute Gasteiger partial charge is 0.374 e. The second-order valence-corrected chi connectivity index (χ2v) is 8.46. The van der Waals surface area contributed by atoms with Crippen LogP contribution in [-0.4, -0.2) is 35.3 Å². The van der Waals surface area contributed by atoms with Crippen molar-refractivity contribution < 1.29 is 14.4 Å². The molecule has 138 valence electrons. The Balaban J connectivity index is 1.85. The van der Waals surface area contributed by atoms with Gasteiger partial charge in [-0.25, -0.2) is 0 Å². The summed E-state index contributed by atoms with van der Waals surface area (Å²) >= 11 is 0. The van der Waals surface area contributed by atoms with Crippen LogP contribution in [0.25, 0.3) is 0 Å². The van der Waals surface area contributed by atoms with Gasteiger partial charge in [-0.05, 0) is 58.6 Å². The highest BCUT2D eigenvalue weighted by Crippen LogP contribution is 2.34. The zero-order valence-corrected chi connectivity index (χ0v) is 15.6. The van der Waals surface area contributed by atoms with Gasteiger partial charge in [-0.1, -0.05) is 0 Å². The molecular weight excluding hydrogens is 320 g/mol. The lowest BCUT2D eigenvalue weighted by atomic mass is 9.96. The molecule has 1 aromatic rings. The van der Waals surface area contributed by atoms with Crippen molar-refractivity contribution in [2.75, 3.05) is 18.0 Å². The summed E-state index contributed by atoms with van der Waals surface area (Å²) in [6, 6.07) is 5.30. The topological polar surface area (TPSA) is 64.8 Å². The molecule has 0 radical (unpaired) electrons. The van der Waals surface area contributed by atoms with Crippen molar-refractivity contribution in [3.05, 3.63) is 33.9 Å². The van der Waals surface area contributed by atoms with Crippen molar-refractivity contribution in [3.63, 3.8) is 0 Å². The molecule has 1 aliphatic carbocycles. The van der Waals surface area contributed by atoms with E-state index in [1.54, 1.807) is 12.1 Å². The van der Waals surface area contributed by atoms with E-state index in [2.05, 4.69) is 32.6 Å². The van der Waals surface area contributed by atoms with Crippen molar-refractivity contribution >= 4 is 11.4 Å². The number of ether oxygens (including phenoxy) is 2. The Bertz CT molecular complexity index is 637. The number of hydrogen-bond donors (Lipinski definition) is 0. The van der Waals surface area contributed by atoms with Gasteiger partial charge in [-0.2, -0.15) is 0 Å². The Morgan fingerprint density at radius 3 is 2.36 bits per heavy atom. The number of hydrogen-bond acceptors (Lipinski definition) is 5. The van der Waals surface area contributed by atoms with E-state index in [1.165, 1.54) is 6.42 Å². The highest BCUT2D eigenvalue weighted by molar-refractivity contribution is 5.56. The number of nitro benzene ring substituents is 1. The zero-order chi connectivity index (χ0) is 18.2. The van der Waals surface area contributed by atoms with Crippen molar-refractivity contribution in [3.8, 4) is 0 Å². The maximum atomic E-state index is 11.4. The van der Waals surface area contributed by atoms with Gasteiger partial charge in [0.15, 0.2) is 0 Å². The molecule has 1 aromatic carbocycles. The van der Waals surface area contributed by atoms with Crippen LogP contribution in [0.1, 0.15) is 52.5 Å². The first kappa shape index (κ1) is 18.1. The number of benzene rings is 1. The van der Waals surface area contributed by atoms with Gasteiger partial charge in [-0.3, -0.25) is 10.1 Å². The summed E-state index contributed by atoms with van der Waals surface area (Å²) in [5.74, 6) is 0. The molecule has 0 aromatic heterocycles.